The highest BCUT2D eigenvalue weighted by atomic mass is 79.9. The summed E-state index contributed by atoms with van der Waals surface area (Å²) in [6, 6.07) is 10.0. The minimum Gasteiger partial charge on any atom is -0.494 e. The summed E-state index contributed by atoms with van der Waals surface area (Å²) in [6.07, 6.45) is 7.57. The van der Waals surface area contributed by atoms with Crippen molar-refractivity contribution < 1.29 is 4.74 Å². The molecule has 1 aromatic rings. The molecular formula is C15H23BrO. The Bertz CT molecular complexity index is 274. The zero-order valence-corrected chi connectivity index (χ0v) is 12.3. The van der Waals surface area contributed by atoms with Crippen molar-refractivity contribution in [3.63, 3.8) is 0 Å². The summed E-state index contributed by atoms with van der Waals surface area (Å²) in [5, 5.41) is 0. The van der Waals surface area contributed by atoms with Crippen LogP contribution in [0.25, 0.3) is 0 Å². The third-order valence-electron chi connectivity index (χ3n) is 2.78. The minimum atomic E-state index is 0.711. The van der Waals surface area contributed by atoms with Crippen LogP contribution in [0.4, 0.5) is 0 Å². The molecule has 0 N–H and O–H groups in total. The fourth-order valence-corrected chi connectivity index (χ4v) is 2.59. The summed E-state index contributed by atoms with van der Waals surface area (Å²) < 4.78 is 5.65. The molecule has 1 unspecified atom stereocenters. The zero-order chi connectivity index (χ0) is 12.3. The molecule has 96 valence electrons. The molecule has 0 fully saturated rings. The van der Waals surface area contributed by atoms with Gasteiger partial charge < -0.3 is 4.74 Å². The van der Waals surface area contributed by atoms with Crippen LogP contribution in [0.1, 0.15) is 45.4 Å². The van der Waals surface area contributed by atoms with Crippen molar-refractivity contribution >= 4 is 15.9 Å². The highest BCUT2D eigenvalue weighted by molar-refractivity contribution is 9.09. The molecule has 1 rings (SSSR count). The smallest absolute Gasteiger partial charge is 0.119 e. The molecule has 0 radical (unpaired) electrons. The number of para-hydroxylation sites is 1. The molecule has 17 heavy (non-hydrogen) atoms. The van der Waals surface area contributed by atoms with Crippen molar-refractivity contribution in [1.82, 2.24) is 0 Å². The second-order valence-corrected chi connectivity index (χ2v) is 5.69. The van der Waals surface area contributed by atoms with E-state index >= 15 is 0 Å². The van der Waals surface area contributed by atoms with Gasteiger partial charge in [0.2, 0.25) is 0 Å². The topological polar surface area (TPSA) is 9.23 Å². The number of rotatable bonds is 9. The second-order valence-electron chi connectivity index (χ2n) is 4.40. The van der Waals surface area contributed by atoms with Crippen LogP contribution in [0, 0.1) is 0 Å². The summed E-state index contributed by atoms with van der Waals surface area (Å²) in [7, 11) is 0. The van der Waals surface area contributed by atoms with E-state index in [0.29, 0.717) is 4.83 Å². The van der Waals surface area contributed by atoms with Gasteiger partial charge in [-0.3, -0.25) is 0 Å². The first-order chi connectivity index (χ1) is 8.33. The predicted octanol–water partition coefficient (Wildman–Crippen LogP) is 5.19. The molecule has 2 heteroatoms. The van der Waals surface area contributed by atoms with Crippen molar-refractivity contribution in [2.45, 2.75) is 50.3 Å². The highest BCUT2D eigenvalue weighted by Crippen LogP contribution is 2.16. The Morgan fingerprint density at radius 3 is 2.53 bits per heavy atom. The van der Waals surface area contributed by atoms with E-state index in [1.54, 1.807) is 0 Å². The van der Waals surface area contributed by atoms with Crippen LogP contribution >= 0.6 is 15.9 Å². The molecule has 0 bridgehead atoms. The summed E-state index contributed by atoms with van der Waals surface area (Å²) in [4.78, 5) is 0.711. The van der Waals surface area contributed by atoms with E-state index in [1.165, 1.54) is 32.1 Å². The quantitative estimate of drug-likeness (QED) is 0.450. The molecule has 0 amide bonds. The van der Waals surface area contributed by atoms with Gasteiger partial charge in [0, 0.05) is 4.83 Å². The summed E-state index contributed by atoms with van der Waals surface area (Å²) in [5.41, 5.74) is 0. The molecule has 1 aromatic carbocycles. The number of hydrogen-bond acceptors (Lipinski definition) is 1. The number of hydrogen-bond donors (Lipinski definition) is 0. The van der Waals surface area contributed by atoms with Gasteiger partial charge in [-0.1, -0.05) is 60.3 Å². The molecule has 0 saturated heterocycles. The third-order valence-corrected chi connectivity index (χ3v) is 3.69. The van der Waals surface area contributed by atoms with Crippen LogP contribution in [-0.4, -0.2) is 11.4 Å². The molecule has 0 aliphatic carbocycles. The Hall–Kier alpha value is -0.500. The van der Waals surface area contributed by atoms with E-state index in [0.717, 1.165) is 18.8 Å². The van der Waals surface area contributed by atoms with Crippen LogP contribution in [-0.2, 0) is 0 Å². The van der Waals surface area contributed by atoms with Gasteiger partial charge in [0.25, 0.3) is 0 Å². The van der Waals surface area contributed by atoms with Crippen molar-refractivity contribution in [3.05, 3.63) is 30.3 Å². The highest BCUT2D eigenvalue weighted by Gasteiger charge is 2.01. The Morgan fingerprint density at radius 1 is 1.06 bits per heavy atom. The summed E-state index contributed by atoms with van der Waals surface area (Å²) >= 11 is 3.71. The molecule has 1 nitrogen and oxygen atoms in total. The van der Waals surface area contributed by atoms with Crippen LogP contribution in [0.5, 0.6) is 5.75 Å². The lowest BCUT2D eigenvalue weighted by molar-refractivity contribution is 0.304. The number of unbranched alkanes of at least 4 members (excludes halogenated alkanes) is 2. The van der Waals surface area contributed by atoms with Gasteiger partial charge in [-0.05, 0) is 31.4 Å². The number of benzene rings is 1. The Morgan fingerprint density at radius 2 is 1.82 bits per heavy atom. The Kier molecular flexibility index (Phi) is 8.16. The molecule has 0 saturated carbocycles. The lowest BCUT2D eigenvalue weighted by Gasteiger charge is -2.08. The van der Waals surface area contributed by atoms with Crippen molar-refractivity contribution in [1.29, 1.82) is 0 Å². The number of alkyl halides is 1. The second kappa shape index (κ2) is 9.52. The Labute approximate surface area is 114 Å². The molecule has 0 aromatic heterocycles. The zero-order valence-electron chi connectivity index (χ0n) is 10.7. The normalized spacial score (nSPS) is 12.4. The SMILES string of the molecule is CCCC(Br)CCCCCOc1ccccc1. The van der Waals surface area contributed by atoms with E-state index in [4.69, 9.17) is 4.74 Å². The van der Waals surface area contributed by atoms with E-state index < -0.39 is 0 Å². The van der Waals surface area contributed by atoms with Crippen molar-refractivity contribution in [2.24, 2.45) is 0 Å². The maximum absolute atomic E-state index is 5.65. The van der Waals surface area contributed by atoms with Gasteiger partial charge in [0.15, 0.2) is 0 Å². The van der Waals surface area contributed by atoms with Crippen LogP contribution < -0.4 is 4.74 Å². The first-order valence-corrected chi connectivity index (χ1v) is 7.56. The van der Waals surface area contributed by atoms with E-state index in [9.17, 15) is 0 Å². The van der Waals surface area contributed by atoms with E-state index in [-0.39, 0.29) is 0 Å². The summed E-state index contributed by atoms with van der Waals surface area (Å²) in [6.45, 7) is 3.08. The molecule has 0 aliphatic rings. The van der Waals surface area contributed by atoms with Gasteiger partial charge in [-0.2, -0.15) is 0 Å². The maximum Gasteiger partial charge on any atom is 0.119 e. The molecule has 0 heterocycles. The standard InChI is InChI=1S/C15H23BrO/c1-2-9-14(16)10-5-4-8-13-17-15-11-6-3-7-12-15/h3,6-7,11-12,14H,2,4-5,8-10,13H2,1H3. The molecular weight excluding hydrogens is 276 g/mol. The number of halogens is 1. The first kappa shape index (κ1) is 14.6. The fraction of sp³-hybridized carbons (Fsp3) is 0.600. The molecule has 0 spiro atoms. The van der Waals surface area contributed by atoms with Crippen LogP contribution in [0.3, 0.4) is 0 Å². The fourth-order valence-electron chi connectivity index (χ4n) is 1.81. The van der Waals surface area contributed by atoms with Crippen molar-refractivity contribution in [3.8, 4) is 5.75 Å². The minimum absolute atomic E-state index is 0.711. The largest absolute Gasteiger partial charge is 0.494 e. The lowest BCUT2D eigenvalue weighted by Crippen LogP contribution is -1.99. The maximum atomic E-state index is 5.65. The van der Waals surface area contributed by atoms with Crippen molar-refractivity contribution in [2.75, 3.05) is 6.61 Å². The Balaban J connectivity index is 1.95. The average Bonchev–Trinajstić information content (AvgIpc) is 2.35. The van der Waals surface area contributed by atoms with Crippen LogP contribution in [0.15, 0.2) is 30.3 Å². The van der Waals surface area contributed by atoms with E-state index in [2.05, 4.69) is 22.9 Å². The van der Waals surface area contributed by atoms with Gasteiger partial charge >= 0.3 is 0 Å². The summed E-state index contributed by atoms with van der Waals surface area (Å²) in [5.74, 6) is 0.983. The van der Waals surface area contributed by atoms with Gasteiger partial charge in [-0.25, -0.2) is 0 Å². The molecule has 0 aliphatic heterocycles. The van der Waals surface area contributed by atoms with Gasteiger partial charge in [0.1, 0.15) is 5.75 Å². The lowest BCUT2D eigenvalue weighted by atomic mass is 10.1. The predicted molar refractivity (Wildman–Crippen MR) is 78.0 cm³/mol. The van der Waals surface area contributed by atoms with Gasteiger partial charge in [-0.15, -0.1) is 0 Å². The average molecular weight is 299 g/mol. The first-order valence-electron chi connectivity index (χ1n) is 6.65. The monoisotopic (exact) mass is 298 g/mol. The van der Waals surface area contributed by atoms with Crippen LogP contribution in [0.2, 0.25) is 0 Å². The third kappa shape index (κ3) is 7.43. The van der Waals surface area contributed by atoms with Gasteiger partial charge in [0.05, 0.1) is 6.61 Å². The number of ether oxygens (including phenoxy) is 1. The van der Waals surface area contributed by atoms with E-state index in [1.807, 2.05) is 30.3 Å². The molecule has 1 atom stereocenters.